The van der Waals surface area contributed by atoms with E-state index in [9.17, 15) is 9.50 Å². The quantitative estimate of drug-likeness (QED) is 0.900. The van der Waals surface area contributed by atoms with Gasteiger partial charge in [-0.05, 0) is 36.2 Å². The summed E-state index contributed by atoms with van der Waals surface area (Å²) in [7, 11) is 1.41. The third kappa shape index (κ3) is 2.86. The molecule has 0 radical (unpaired) electrons. The van der Waals surface area contributed by atoms with Crippen molar-refractivity contribution in [2.24, 2.45) is 5.73 Å². The van der Waals surface area contributed by atoms with Crippen LogP contribution < -0.4 is 10.5 Å². The lowest BCUT2D eigenvalue weighted by molar-refractivity contribution is 0.362. The lowest BCUT2D eigenvalue weighted by Crippen LogP contribution is -2.34. The summed E-state index contributed by atoms with van der Waals surface area (Å²) in [6.45, 7) is 3.53. The maximum atomic E-state index is 13.8. The minimum absolute atomic E-state index is 0.165. The second-order valence-corrected chi connectivity index (χ2v) is 5.22. The van der Waals surface area contributed by atoms with E-state index in [2.05, 4.69) is 15.9 Å². The number of phenolic OH excluding ortho intramolecular Hbond substituents is 1. The third-order valence-electron chi connectivity index (χ3n) is 2.10. The number of hydrogen-bond acceptors (Lipinski definition) is 3. The number of nitrogens with two attached hydrogens (primary N) is 1. The summed E-state index contributed by atoms with van der Waals surface area (Å²) >= 11 is 3.07. The number of aromatic hydroxyl groups is 1. The molecule has 0 amide bonds. The molecule has 0 aliphatic heterocycles. The lowest BCUT2D eigenvalue weighted by atomic mass is 9.95. The van der Waals surface area contributed by atoms with Gasteiger partial charge in [-0.1, -0.05) is 0 Å². The molecule has 1 aromatic rings. The summed E-state index contributed by atoms with van der Waals surface area (Å²) in [4.78, 5) is 0. The summed E-state index contributed by atoms with van der Waals surface area (Å²) in [6, 6.07) is 1.39. The van der Waals surface area contributed by atoms with Gasteiger partial charge in [0.25, 0.3) is 0 Å². The molecule has 16 heavy (non-hydrogen) atoms. The molecule has 0 aliphatic carbocycles. The van der Waals surface area contributed by atoms with Crippen LogP contribution in [0.2, 0.25) is 0 Å². The second kappa shape index (κ2) is 4.59. The molecule has 0 spiro atoms. The zero-order chi connectivity index (χ0) is 12.5. The van der Waals surface area contributed by atoms with Crippen molar-refractivity contribution in [3.05, 3.63) is 21.9 Å². The minimum atomic E-state index is -0.607. The molecule has 3 nitrogen and oxygen atoms in total. The molecule has 1 rings (SSSR count). The predicted molar refractivity (Wildman–Crippen MR) is 64.3 cm³/mol. The average molecular weight is 292 g/mol. The smallest absolute Gasteiger partial charge is 0.164 e. The highest BCUT2D eigenvalue weighted by atomic mass is 79.9. The Morgan fingerprint density at radius 2 is 2.12 bits per heavy atom. The Hall–Kier alpha value is -0.810. The fraction of sp³-hybridized carbons (Fsp3) is 0.455. The molecule has 5 heteroatoms. The summed E-state index contributed by atoms with van der Waals surface area (Å²) in [5.74, 6) is -0.467. The summed E-state index contributed by atoms with van der Waals surface area (Å²) in [6.07, 6.45) is 0.223. The van der Waals surface area contributed by atoms with Crippen LogP contribution in [0.1, 0.15) is 19.4 Å². The first kappa shape index (κ1) is 13.3. The van der Waals surface area contributed by atoms with Crippen LogP contribution in [0.25, 0.3) is 0 Å². The van der Waals surface area contributed by atoms with Crippen molar-refractivity contribution in [1.82, 2.24) is 0 Å². The molecule has 0 heterocycles. The molecule has 0 saturated carbocycles. The Labute approximate surface area is 103 Å². The molecule has 0 fully saturated rings. The fourth-order valence-corrected chi connectivity index (χ4v) is 1.86. The summed E-state index contributed by atoms with van der Waals surface area (Å²) in [5.41, 5.74) is 5.37. The monoisotopic (exact) mass is 291 g/mol. The topological polar surface area (TPSA) is 55.5 Å². The van der Waals surface area contributed by atoms with Crippen molar-refractivity contribution in [3.63, 3.8) is 0 Å². The zero-order valence-electron chi connectivity index (χ0n) is 9.47. The first-order valence-electron chi connectivity index (χ1n) is 4.79. The number of phenols is 1. The molecule has 0 aliphatic rings. The molecule has 0 bridgehead atoms. The van der Waals surface area contributed by atoms with Crippen LogP contribution in [0.3, 0.4) is 0 Å². The number of hydrogen-bond donors (Lipinski definition) is 2. The minimum Gasteiger partial charge on any atom is -0.504 e. The molecule has 1 aromatic carbocycles. The number of methoxy groups -OCH3 is 1. The molecular formula is C11H15BrFNO2. The maximum Gasteiger partial charge on any atom is 0.164 e. The first-order chi connectivity index (χ1) is 7.26. The van der Waals surface area contributed by atoms with E-state index in [4.69, 9.17) is 10.5 Å². The van der Waals surface area contributed by atoms with Crippen LogP contribution in [0.15, 0.2) is 10.5 Å². The Morgan fingerprint density at radius 3 is 2.56 bits per heavy atom. The van der Waals surface area contributed by atoms with Gasteiger partial charge < -0.3 is 15.6 Å². The van der Waals surface area contributed by atoms with Crippen molar-refractivity contribution >= 4 is 15.9 Å². The molecule has 3 N–H and O–H groups in total. The van der Waals surface area contributed by atoms with Gasteiger partial charge in [0, 0.05) is 17.2 Å². The van der Waals surface area contributed by atoms with E-state index in [0.29, 0.717) is 0 Å². The van der Waals surface area contributed by atoms with Gasteiger partial charge in [0.2, 0.25) is 0 Å². The molecular weight excluding hydrogens is 277 g/mol. The first-order valence-corrected chi connectivity index (χ1v) is 5.58. The molecule has 0 atom stereocenters. The highest BCUT2D eigenvalue weighted by Crippen LogP contribution is 2.37. The highest BCUT2D eigenvalue weighted by molar-refractivity contribution is 9.10. The van der Waals surface area contributed by atoms with Crippen LogP contribution in [0, 0.1) is 5.82 Å². The third-order valence-corrected chi connectivity index (χ3v) is 2.68. The predicted octanol–water partition coefficient (Wildman–Crippen LogP) is 2.58. The van der Waals surface area contributed by atoms with Crippen LogP contribution in [-0.2, 0) is 6.42 Å². The van der Waals surface area contributed by atoms with Crippen LogP contribution >= 0.6 is 15.9 Å². The van der Waals surface area contributed by atoms with Crippen LogP contribution in [0.5, 0.6) is 11.5 Å². The van der Waals surface area contributed by atoms with Gasteiger partial charge in [0.05, 0.1) is 11.6 Å². The Morgan fingerprint density at radius 1 is 1.56 bits per heavy atom. The van der Waals surface area contributed by atoms with E-state index < -0.39 is 11.4 Å². The van der Waals surface area contributed by atoms with E-state index in [-0.39, 0.29) is 28.0 Å². The Balaban J connectivity index is 3.30. The summed E-state index contributed by atoms with van der Waals surface area (Å²) < 4.78 is 19.0. The van der Waals surface area contributed by atoms with Gasteiger partial charge in [-0.15, -0.1) is 0 Å². The van der Waals surface area contributed by atoms with E-state index in [1.54, 1.807) is 13.8 Å². The largest absolute Gasteiger partial charge is 0.504 e. The standard InChI is InChI=1S/C11H15BrFNO2/c1-11(2,14)5-6-9(13)7(12)4-8(16-3)10(6)15/h4,15H,5,14H2,1-3H3. The highest BCUT2D eigenvalue weighted by Gasteiger charge is 2.22. The van der Waals surface area contributed by atoms with E-state index in [1.807, 2.05) is 0 Å². The van der Waals surface area contributed by atoms with Crippen LogP contribution in [-0.4, -0.2) is 17.8 Å². The number of ether oxygens (including phenoxy) is 1. The normalized spacial score (nSPS) is 11.6. The molecule has 0 aromatic heterocycles. The molecule has 0 saturated heterocycles. The molecule has 0 unspecified atom stereocenters. The maximum absolute atomic E-state index is 13.8. The number of benzene rings is 1. The average Bonchev–Trinajstić information content (AvgIpc) is 2.17. The van der Waals surface area contributed by atoms with Crippen LogP contribution in [0.4, 0.5) is 4.39 Å². The fourth-order valence-electron chi connectivity index (χ4n) is 1.42. The van der Waals surface area contributed by atoms with Gasteiger partial charge in [0.15, 0.2) is 11.5 Å². The number of halogens is 2. The van der Waals surface area contributed by atoms with Gasteiger partial charge in [0.1, 0.15) is 5.82 Å². The van der Waals surface area contributed by atoms with Crippen molar-refractivity contribution < 1.29 is 14.2 Å². The summed E-state index contributed by atoms with van der Waals surface area (Å²) in [5, 5.41) is 9.82. The van der Waals surface area contributed by atoms with Gasteiger partial charge in [-0.2, -0.15) is 0 Å². The Kier molecular flexibility index (Phi) is 3.80. The van der Waals surface area contributed by atoms with Crippen molar-refractivity contribution in [2.45, 2.75) is 25.8 Å². The van der Waals surface area contributed by atoms with E-state index >= 15 is 0 Å². The second-order valence-electron chi connectivity index (χ2n) is 4.37. The van der Waals surface area contributed by atoms with Gasteiger partial charge in [-0.3, -0.25) is 0 Å². The SMILES string of the molecule is COc1cc(Br)c(F)c(CC(C)(C)N)c1O. The van der Waals surface area contributed by atoms with E-state index in [1.165, 1.54) is 13.2 Å². The number of rotatable bonds is 3. The van der Waals surface area contributed by atoms with Crippen molar-refractivity contribution in [2.75, 3.05) is 7.11 Å². The van der Waals surface area contributed by atoms with E-state index in [0.717, 1.165) is 0 Å². The van der Waals surface area contributed by atoms with Crippen molar-refractivity contribution in [3.8, 4) is 11.5 Å². The molecule has 90 valence electrons. The lowest BCUT2D eigenvalue weighted by Gasteiger charge is -2.20. The van der Waals surface area contributed by atoms with Crippen molar-refractivity contribution in [1.29, 1.82) is 0 Å². The van der Waals surface area contributed by atoms with Gasteiger partial charge >= 0.3 is 0 Å². The van der Waals surface area contributed by atoms with Gasteiger partial charge in [-0.25, -0.2) is 4.39 Å². The zero-order valence-corrected chi connectivity index (χ0v) is 11.1. The Bertz CT molecular complexity index is 402.